The topological polar surface area (TPSA) is 0 Å². The highest BCUT2D eigenvalue weighted by Gasteiger charge is 2.04. The quantitative estimate of drug-likeness (QED) is 0.535. The van der Waals surface area contributed by atoms with Crippen molar-refractivity contribution in [1.82, 2.24) is 0 Å². The minimum atomic E-state index is 1.11. The molecular formula is C19H15Br. The lowest BCUT2D eigenvalue weighted by Gasteiger charge is -2.09. The first-order valence-electron chi connectivity index (χ1n) is 6.66. The van der Waals surface area contributed by atoms with Gasteiger partial charge in [0.2, 0.25) is 0 Å². The van der Waals surface area contributed by atoms with Gasteiger partial charge in [0, 0.05) is 4.47 Å². The molecule has 0 aliphatic carbocycles. The maximum Gasteiger partial charge on any atom is 0.0181 e. The molecule has 0 unspecified atom stereocenters. The molecule has 0 amide bonds. The Balaban J connectivity index is 2.04. The van der Waals surface area contributed by atoms with Gasteiger partial charge in [0.1, 0.15) is 0 Å². The first-order valence-corrected chi connectivity index (χ1v) is 7.45. The molecule has 0 radical (unpaired) electrons. The van der Waals surface area contributed by atoms with Crippen LogP contribution in [0.2, 0.25) is 0 Å². The number of halogens is 1. The minimum Gasteiger partial charge on any atom is -0.0622 e. The van der Waals surface area contributed by atoms with Crippen LogP contribution in [0.4, 0.5) is 0 Å². The molecule has 3 aromatic carbocycles. The van der Waals surface area contributed by atoms with E-state index < -0.39 is 0 Å². The number of hydrogen-bond acceptors (Lipinski definition) is 0. The lowest BCUT2D eigenvalue weighted by atomic mass is 9.96. The van der Waals surface area contributed by atoms with Crippen molar-refractivity contribution in [2.75, 3.05) is 0 Å². The summed E-state index contributed by atoms with van der Waals surface area (Å²) < 4.78 is 1.11. The standard InChI is InChI=1S/C19H15Br/c1-14-12-16(15-6-3-2-4-7-15)10-11-19(14)17-8-5-9-18(20)13-17/h2-13H,1H3. The smallest absolute Gasteiger partial charge is 0.0181 e. The molecule has 0 atom stereocenters. The summed E-state index contributed by atoms with van der Waals surface area (Å²) in [6.07, 6.45) is 0. The molecule has 3 aromatic rings. The van der Waals surface area contributed by atoms with E-state index in [1.165, 1.54) is 27.8 Å². The summed E-state index contributed by atoms with van der Waals surface area (Å²) in [7, 11) is 0. The molecule has 0 spiro atoms. The highest BCUT2D eigenvalue weighted by atomic mass is 79.9. The summed E-state index contributed by atoms with van der Waals surface area (Å²) in [4.78, 5) is 0. The van der Waals surface area contributed by atoms with Crippen LogP contribution in [0.5, 0.6) is 0 Å². The first-order chi connectivity index (χ1) is 9.74. The molecule has 0 heterocycles. The molecule has 20 heavy (non-hydrogen) atoms. The van der Waals surface area contributed by atoms with Crippen LogP contribution in [0.3, 0.4) is 0 Å². The number of aryl methyl sites for hydroxylation is 1. The Morgan fingerprint density at radius 1 is 0.650 bits per heavy atom. The van der Waals surface area contributed by atoms with Crippen LogP contribution >= 0.6 is 15.9 Å². The third-order valence-corrected chi connectivity index (χ3v) is 3.96. The SMILES string of the molecule is Cc1cc(-c2ccccc2)ccc1-c1cccc(Br)c1. The van der Waals surface area contributed by atoms with Crippen LogP contribution in [0.25, 0.3) is 22.3 Å². The van der Waals surface area contributed by atoms with Crippen LogP contribution in [0.15, 0.2) is 77.3 Å². The van der Waals surface area contributed by atoms with Crippen LogP contribution in [-0.4, -0.2) is 0 Å². The van der Waals surface area contributed by atoms with Gasteiger partial charge in [-0.05, 0) is 46.9 Å². The van der Waals surface area contributed by atoms with Crippen molar-refractivity contribution in [2.45, 2.75) is 6.92 Å². The Hall–Kier alpha value is -1.86. The molecule has 0 nitrogen and oxygen atoms in total. The van der Waals surface area contributed by atoms with Crippen molar-refractivity contribution >= 4 is 15.9 Å². The van der Waals surface area contributed by atoms with Crippen LogP contribution in [0, 0.1) is 6.92 Å². The fourth-order valence-electron chi connectivity index (χ4n) is 2.45. The average molecular weight is 323 g/mol. The van der Waals surface area contributed by atoms with E-state index in [1.807, 2.05) is 6.07 Å². The highest BCUT2D eigenvalue weighted by molar-refractivity contribution is 9.10. The second kappa shape index (κ2) is 5.64. The first kappa shape index (κ1) is 13.1. The van der Waals surface area contributed by atoms with Crippen LogP contribution in [0.1, 0.15) is 5.56 Å². The van der Waals surface area contributed by atoms with Crippen LogP contribution < -0.4 is 0 Å². The maximum absolute atomic E-state index is 3.54. The number of hydrogen-bond donors (Lipinski definition) is 0. The Labute approximate surface area is 128 Å². The summed E-state index contributed by atoms with van der Waals surface area (Å²) in [5.41, 5.74) is 6.35. The van der Waals surface area contributed by atoms with Crippen molar-refractivity contribution in [3.63, 3.8) is 0 Å². The fourth-order valence-corrected chi connectivity index (χ4v) is 2.85. The lowest BCUT2D eigenvalue weighted by molar-refractivity contribution is 1.45. The zero-order valence-corrected chi connectivity index (χ0v) is 12.9. The van der Waals surface area contributed by atoms with Crippen molar-refractivity contribution < 1.29 is 0 Å². The normalized spacial score (nSPS) is 10.5. The Morgan fingerprint density at radius 2 is 1.40 bits per heavy atom. The molecule has 1 heteroatoms. The molecule has 3 rings (SSSR count). The summed E-state index contributed by atoms with van der Waals surface area (Å²) in [5.74, 6) is 0. The molecule has 0 aromatic heterocycles. The van der Waals surface area contributed by atoms with Gasteiger partial charge in [-0.3, -0.25) is 0 Å². The Kier molecular flexibility index (Phi) is 3.70. The summed E-state index contributed by atoms with van der Waals surface area (Å²) in [6, 6.07) is 25.6. The van der Waals surface area contributed by atoms with Gasteiger partial charge in [0.15, 0.2) is 0 Å². The summed E-state index contributed by atoms with van der Waals surface area (Å²) >= 11 is 3.54. The van der Waals surface area contributed by atoms with E-state index in [4.69, 9.17) is 0 Å². The third kappa shape index (κ3) is 2.68. The predicted molar refractivity (Wildman–Crippen MR) is 89.8 cm³/mol. The molecule has 0 bridgehead atoms. The third-order valence-electron chi connectivity index (χ3n) is 3.47. The summed E-state index contributed by atoms with van der Waals surface area (Å²) in [6.45, 7) is 2.17. The summed E-state index contributed by atoms with van der Waals surface area (Å²) in [5, 5.41) is 0. The average Bonchev–Trinajstić information content (AvgIpc) is 2.48. The Bertz CT molecular complexity index is 730. The van der Waals surface area contributed by atoms with Gasteiger partial charge in [-0.25, -0.2) is 0 Å². The van der Waals surface area contributed by atoms with Gasteiger partial charge in [-0.15, -0.1) is 0 Å². The molecular weight excluding hydrogens is 308 g/mol. The van der Waals surface area contributed by atoms with E-state index in [1.54, 1.807) is 0 Å². The Morgan fingerprint density at radius 3 is 2.10 bits per heavy atom. The van der Waals surface area contributed by atoms with E-state index in [-0.39, 0.29) is 0 Å². The van der Waals surface area contributed by atoms with Gasteiger partial charge < -0.3 is 0 Å². The van der Waals surface area contributed by atoms with E-state index in [0.717, 1.165) is 4.47 Å². The molecule has 0 saturated carbocycles. The van der Waals surface area contributed by atoms with Gasteiger partial charge in [-0.1, -0.05) is 76.6 Å². The van der Waals surface area contributed by atoms with Gasteiger partial charge >= 0.3 is 0 Å². The van der Waals surface area contributed by atoms with Gasteiger partial charge in [0.05, 0.1) is 0 Å². The van der Waals surface area contributed by atoms with Crippen LogP contribution in [-0.2, 0) is 0 Å². The van der Waals surface area contributed by atoms with Crippen molar-refractivity contribution in [3.05, 3.63) is 82.8 Å². The number of rotatable bonds is 2. The van der Waals surface area contributed by atoms with E-state index in [0.29, 0.717) is 0 Å². The van der Waals surface area contributed by atoms with Crippen molar-refractivity contribution in [2.24, 2.45) is 0 Å². The molecule has 0 saturated heterocycles. The fraction of sp³-hybridized carbons (Fsp3) is 0.0526. The zero-order chi connectivity index (χ0) is 13.9. The second-order valence-electron chi connectivity index (χ2n) is 4.91. The van der Waals surface area contributed by atoms with E-state index >= 15 is 0 Å². The molecule has 98 valence electrons. The van der Waals surface area contributed by atoms with Gasteiger partial charge in [-0.2, -0.15) is 0 Å². The molecule has 0 fully saturated rings. The van der Waals surface area contributed by atoms with Crippen molar-refractivity contribution in [1.29, 1.82) is 0 Å². The van der Waals surface area contributed by atoms with Crippen molar-refractivity contribution in [3.8, 4) is 22.3 Å². The minimum absolute atomic E-state index is 1.11. The maximum atomic E-state index is 3.54. The number of benzene rings is 3. The highest BCUT2D eigenvalue weighted by Crippen LogP contribution is 2.29. The van der Waals surface area contributed by atoms with E-state index in [9.17, 15) is 0 Å². The zero-order valence-electron chi connectivity index (χ0n) is 11.3. The lowest BCUT2D eigenvalue weighted by Crippen LogP contribution is -1.85. The van der Waals surface area contributed by atoms with E-state index in [2.05, 4.69) is 89.6 Å². The monoisotopic (exact) mass is 322 g/mol. The van der Waals surface area contributed by atoms with Gasteiger partial charge in [0.25, 0.3) is 0 Å². The molecule has 0 aliphatic heterocycles. The molecule has 0 aliphatic rings. The largest absolute Gasteiger partial charge is 0.0622 e. The second-order valence-corrected chi connectivity index (χ2v) is 5.82. The predicted octanol–water partition coefficient (Wildman–Crippen LogP) is 6.09. The molecule has 0 N–H and O–H groups in total.